The number of amides is 2. The molecule has 0 saturated carbocycles. The Hall–Kier alpha value is -3.15. The number of urea groups is 1. The van der Waals surface area contributed by atoms with Crippen molar-refractivity contribution < 1.29 is 9.32 Å². The van der Waals surface area contributed by atoms with Crippen LogP contribution in [0.4, 0.5) is 16.4 Å². The topological polar surface area (TPSA) is 80.0 Å². The number of aromatic nitrogens is 2. The van der Waals surface area contributed by atoms with Gasteiger partial charge in [-0.05, 0) is 12.1 Å². The highest BCUT2D eigenvalue weighted by atomic mass is 16.5. The van der Waals surface area contributed by atoms with E-state index in [0.29, 0.717) is 17.4 Å². The predicted octanol–water partition coefficient (Wildman–Crippen LogP) is 3.38. The second-order valence-electron chi connectivity index (χ2n) is 4.24. The van der Waals surface area contributed by atoms with E-state index in [2.05, 4.69) is 20.8 Å². The lowest BCUT2D eigenvalue weighted by molar-refractivity contribution is 0.262. The third kappa shape index (κ3) is 3.24. The Bertz CT molecular complexity index is 726. The van der Waals surface area contributed by atoms with Gasteiger partial charge >= 0.3 is 6.03 Å². The molecule has 2 aromatic heterocycles. The second-order valence-corrected chi connectivity index (χ2v) is 4.24. The molecule has 0 radical (unpaired) electrons. The zero-order chi connectivity index (χ0) is 14.5. The van der Waals surface area contributed by atoms with Crippen LogP contribution in [0.15, 0.2) is 65.3 Å². The minimum absolute atomic E-state index is 0.335. The summed E-state index contributed by atoms with van der Waals surface area (Å²) in [5.41, 5.74) is 0.892. The zero-order valence-corrected chi connectivity index (χ0v) is 11.0. The molecule has 104 valence electrons. The molecule has 1 aromatic carbocycles. The van der Waals surface area contributed by atoms with Gasteiger partial charge in [0, 0.05) is 17.8 Å². The molecule has 3 rings (SSSR count). The van der Waals surface area contributed by atoms with Crippen molar-refractivity contribution in [3.8, 4) is 11.3 Å². The van der Waals surface area contributed by atoms with Crippen LogP contribution in [0.2, 0.25) is 0 Å². The summed E-state index contributed by atoms with van der Waals surface area (Å²) < 4.78 is 5.19. The van der Waals surface area contributed by atoms with Crippen LogP contribution in [0, 0.1) is 0 Å². The quantitative estimate of drug-likeness (QED) is 0.770. The molecule has 0 aliphatic heterocycles. The fourth-order valence-corrected chi connectivity index (χ4v) is 1.77. The maximum Gasteiger partial charge on any atom is 0.326 e. The van der Waals surface area contributed by atoms with Gasteiger partial charge in [0.05, 0.1) is 0 Å². The summed E-state index contributed by atoms with van der Waals surface area (Å²) in [5, 5.41) is 8.99. The number of hydrogen-bond donors (Lipinski definition) is 2. The summed E-state index contributed by atoms with van der Waals surface area (Å²) in [5.74, 6) is 1.38. The molecule has 3 aromatic rings. The summed E-state index contributed by atoms with van der Waals surface area (Å²) in [6, 6.07) is 16.0. The van der Waals surface area contributed by atoms with Gasteiger partial charge in [0.2, 0.25) is 0 Å². The molecule has 0 aliphatic carbocycles. The van der Waals surface area contributed by atoms with Gasteiger partial charge in [0.25, 0.3) is 0 Å². The van der Waals surface area contributed by atoms with Crippen molar-refractivity contribution in [3.63, 3.8) is 0 Å². The van der Waals surface area contributed by atoms with Crippen LogP contribution in [0.1, 0.15) is 0 Å². The minimum atomic E-state index is -0.429. The van der Waals surface area contributed by atoms with Gasteiger partial charge in [-0.15, -0.1) is 0 Å². The lowest BCUT2D eigenvalue weighted by Gasteiger charge is -2.03. The van der Waals surface area contributed by atoms with E-state index in [0.717, 1.165) is 5.56 Å². The zero-order valence-electron chi connectivity index (χ0n) is 11.0. The number of benzene rings is 1. The molecule has 0 aliphatic rings. The number of anilines is 2. The summed E-state index contributed by atoms with van der Waals surface area (Å²) in [7, 11) is 0. The number of carbonyl (C=O) groups excluding carboxylic acids is 1. The highest BCUT2D eigenvalue weighted by Crippen LogP contribution is 2.21. The summed E-state index contributed by atoms with van der Waals surface area (Å²) in [4.78, 5) is 15.8. The largest absolute Gasteiger partial charge is 0.354 e. The number of hydrogen-bond acceptors (Lipinski definition) is 4. The highest BCUT2D eigenvalue weighted by molar-refractivity contribution is 5.98. The molecule has 0 atom stereocenters. The smallest absolute Gasteiger partial charge is 0.326 e. The predicted molar refractivity (Wildman–Crippen MR) is 78.8 cm³/mol. The van der Waals surface area contributed by atoms with Gasteiger partial charge in [-0.2, -0.15) is 0 Å². The molecule has 2 heterocycles. The first-order valence-electron chi connectivity index (χ1n) is 6.32. The maximum absolute atomic E-state index is 11.8. The third-order valence-corrected chi connectivity index (χ3v) is 2.72. The van der Waals surface area contributed by atoms with Gasteiger partial charge in [-0.25, -0.2) is 9.78 Å². The lowest BCUT2D eigenvalue weighted by atomic mass is 10.2. The molecule has 0 fully saturated rings. The normalized spacial score (nSPS) is 10.1. The highest BCUT2D eigenvalue weighted by Gasteiger charge is 2.09. The maximum atomic E-state index is 11.8. The molecule has 21 heavy (non-hydrogen) atoms. The number of rotatable bonds is 3. The number of carbonyl (C=O) groups is 1. The molecule has 6 heteroatoms. The van der Waals surface area contributed by atoms with Gasteiger partial charge < -0.3 is 4.52 Å². The van der Waals surface area contributed by atoms with Crippen LogP contribution < -0.4 is 10.6 Å². The van der Waals surface area contributed by atoms with Crippen molar-refractivity contribution in [1.82, 2.24) is 10.1 Å². The minimum Gasteiger partial charge on any atom is -0.354 e. The van der Waals surface area contributed by atoms with Crippen molar-refractivity contribution in [2.45, 2.75) is 0 Å². The summed E-state index contributed by atoms with van der Waals surface area (Å²) in [6.07, 6.45) is 1.60. The van der Waals surface area contributed by atoms with E-state index in [4.69, 9.17) is 4.52 Å². The standard InChI is InChI=1S/C15H12N4O2/c20-15(17-13-8-4-5-9-16-13)18-14-10-12(21-19-14)11-6-2-1-3-7-11/h1-10H,(H2,16,17,18,19,20). The van der Waals surface area contributed by atoms with E-state index in [1.165, 1.54) is 0 Å². The van der Waals surface area contributed by atoms with E-state index in [9.17, 15) is 4.79 Å². The van der Waals surface area contributed by atoms with E-state index < -0.39 is 6.03 Å². The summed E-state index contributed by atoms with van der Waals surface area (Å²) >= 11 is 0. The van der Waals surface area contributed by atoms with Crippen LogP contribution >= 0.6 is 0 Å². The Morgan fingerprint density at radius 2 is 1.71 bits per heavy atom. The third-order valence-electron chi connectivity index (χ3n) is 2.72. The van der Waals surface area contributed by atoms with Crippen LogP contribution in [0.3, 0.4) is 0 Å². The van der Waals surface area contributed by atoms with Gasteiger partial charge in [0.15, 0.2) is 11.6 Å². The first-order chi connectivity index (χ1) is 10.3. The van der Waals surface area contributed by atoms with Crippen molar-refractivity contribution in [2.24, 2.45) is 0 Å². The van der Waals surface area contributed by atoms with Gasteiger partial charge in [0.1, 0.15) is 5.82 Å². The fraction of sp³-hybridized carbons (Fsp3) is 0. The second kappa shape index (κ2) is 5.87. The molecule has 0 spiro atoms. The number of pyridine rings is 1. The Morgan fingerprint density at radius 1 is 0.952 bits per heavy atom. The monoisotopic (exact) mass is 280 g/mol. The first kappa shape index (κ1) is 12.9. The van der Waals surface area contributed by atoms with Gasteiger partial charge in [-0.1, -0.05) is 41.6 Å². The average Bonchev–Trinajstić information content (AvgIpc) is 2.97. The molecule has 0 unspecified atom stereocenters. The van der Waals surface area contributed by atoms with E-state index in [-0.39, 0.29) is 0 Å². The first-order valence-corrected chi connectivity index (χ1v) is 6.32. The number of nitrogens with one attached hydrogen (secondary N) is 2. The lowest BCUT2D eigenvalue weighted by Crippen LogP contribution is -2.20. The molecule has 0 saturated heterocycles. The van der Waals surface area contributed by atoms with Crippen LogP contribution in [0.5, 0.6) is 0 Å². The molecular formula is C15H12N4O2. The number of nitrogens with zero attached hydrogens (tertiary/aromatic N) is 2. The van der Waals surface area contributed by atoms with Crippen molar-refractivity contribution in [3.05, 3.63) is 60.8 Å². The Morgan fingerprint density at radius 3 is 2.48 bits per heavy atom. The SMILES string of the molecule is O=C(Nc1ccccn1)Nc1cc(-c2ccccc2)on1. The van der Waals surface area contributed by atoms with Gasteiger partial charge in [-0.3, -0.25) is 10.6 Å². The Kier molecular flexibility index (Phi) is 3.60. The molecule has 2 N–H and O–H groups in total. The molecule has 6 nitrogen and oxygen atoms in total. The van der Waals surface area contributed by atoms with E-state index >= 15 is 0 Å². The van der Waals surface area contributed by atoms with Crippen LogP contribution in [-0.4, -0.2) is 16.2 Å². The van der Waals surface area contributed by atoms with E-state index in [1.807, 2.05) is 30.3 Å². The van der Waals surface area contributed by atoms with Crippen molar-refractivity contribution in [2.75, 3.05) is 10.6 Å². The Labute approximate surface area is 120 Å². The van der Waals surface area contributed by atoms with Crippen molar-refractivity contribution >= 4 is 17.7 Å². The van der Waals surface area contributed by atoms with Crippen LogP contribution in [0.25, 0.3) is 11.3 Å². The van der Waals surface area contributed by atoms with Crippen molar-refractivity contribution in [1.29, 1.82) is 0 Å². The molecule has 2 amide bonds. The Balaban J connectivity index is 1.66. The van der Waals surface area contributed by atoms with E-state index in [1.54, 1.807) is 30.5 Å². The molecule has 0 bridgehead atoms. The summed E-state index contributed by atoms with van der Waals surface area (Å²) in [6.45, 7) is 0. The van der Waals surface area contributed by atoms with Crippen LogP contribution in [-0.2, 0) is 0 Å². The average molecular weight is 280 g/mol. The molecular weight excluding hydrogens is 268 g/mol. The fourth-order valence-electron chi connectivity index (χ4n) is 1.77.